The molecule has 0 aromatic heterocycles. The lowest BCUT2D eigenvalue weighted by molar-refractivity contribution is -0.119. The topological polar surface area (TPSA) is 63.2 Å². The molecule has 0 aliphatic rings. The molecule has 0 saturated carbocycles. The quantitative estimate of drug-likeness (QED) is 0.847. The van der Waals surface area contributed by atoms with Crippen LogP contribution >= 0.6 is 11.6 Å². The summed E-state index contributed by atoms with van der Waals surface area (Å²) in [4.78, 5) is 12.1. The number of sulfonamides is 1. The van der Waals surface area contributed by atoms with Crippen LogP contribution in [0.3, 0.4) is 0 Å². The van der Waals surface area contributed by atoms with E-state index in [1.165, 1.54) is 6.07 Å². The fraction of sp³-hybridized carbons (Fsp3) is 0.278. The Morgan fingerprint density at radius 2 is 1.75 bits per heavy atom. The van der Waals surface area contributed by atoms with E-state index in [0.717, 1.165) is 11.1 Å². The first-order chi connectivity index (χ1) is 11.3. The second kappa shape index (κ2) is 7.81. The molecular weight excluding hydrogens is 346 g/mol. The van der Waals surface area contributed by atoms with Crippen LogP contribution in [0.15, 0.2) is 47.4 Å². The molecule has 0 unspecified atom stereocenters. The summed E-state index contributed by atoms with van der Waals surface area (Å²) in [6, 6.07) is 12.4. The summed E-state index contributed by atoms with van der Waals surface area (Å²) in [5.41, 5.74) is 2.65. The monoisotopic (exact) mass is 365 g/mol. The summed E-state index contributed by atoms with van der Waals surface area (Å²) in [6.45, 7) is 3.60. The lowest BCUT2D eigenvalue weighted by Crippen LogP contribution is -2.30. The van der Waals surface area contributed by atoms with Crippen LogP contribution in [0.2, 0.25) is 5.02 Å². The lowest BCUT2D eigenvalue weighted by Gasteiger charge is -2.10. The molecule has 4 nitrogen and oxygen atoms in total. The highest BCUT2D eigenvalue weighted by molar-refractivity contribution is 7.90. The molecular formula is C18H20ClNO3S. The van der Waals surface area contributed by atoms with Gasteiger partial charge in [0.25, 0.3) is 10.0 Å². The van der Waals surface area contributed by atoms with Gasteiger partial charge in [0, 0.05) is 11.4 Å². The maximum atomic E-state index is 12.3. The van der Waals surface area contributed by atoms with E-state index in [2.05, 4.69) is 4.72 Å². The highest BCUT2D eigenvalue weighted by atomic mass is 35.5. The zero-order chi connectivity index (χ0) is 17.7. The predicted molar refractivity (Wildman–Crippen MR) is 95.6 cm³/mol. The molecule has 128 valence electrons. The molecule has 2 rings (SSSR count). The van der Waals surface area contributed by atoms with E-state index in [1.807, 2.05) is 19.1 Å². The molecule has 0 spiro atoms. The van der Waals surface area contributed by atoms with E-state index in [-0.39, 0.29) is 11.3 Å². The molecule has 2 aromatic carbocycles. The first-order valence-electron chi connectivity index (χ1n) is 7.65. The van der Waals surface area contributed by atoms with E-state index >= 15 is 0 Å². The number of rotatable bonds is 6. The molecule has 0 fully saturated rings. The molecule has 1 amide bonds. The molecule has 2 aromatic rings. The van der Waals surface area contributed by atoms with Gasteiger partial charge in [-0.05, 0) is 56.0 Å². The lowest BCUT2D eigenvalue weighted by atomic mass is 10.1. The number of amides is 1. The van der Waals surface area contributed by atoms with E-state index in [9.17, 15) is 13.2 Å². The Labute approximate surface area is 147 Å². The standard InChI is InChI=1S/C18H20ClNO3S/c1-13-6-11-17(14(2)12-13)24(22,23)20-18(21)5-3-4-15-7-9-16(19)10-8-15/h6-12H,3-5H2,1-2H3,(H,20,21). The Bertz CT molecular complexity index is 830. The van der Waals surface area contributed by atoms with Crippen LogP contribution in [0.5, 0.6) is 0 Å². The molecule has 6 heteroatoms. The fourth-order valence-corrected chi connectivity index (χ4v) is 3.83. The zero-order valence-electron chi connectivity index (χ0n) is 13.7. The van der Waals surface area contributed by atoms with Gasteiger partial charge in [-0.25, -0.2) is 13.1 Å². The maximum absolute atomic E-state index is 12.3. The van der Waals surface area contributed by atoms with Gasteiger partial charge in [0.15, 0.2) is 0 Å². The van der Waals surface area contributed by atoms with Gasteiger partial charge in [0.2, 0.25) is 5.91 Å². The van der Waals surface area contributed by atoms with Gasteiger partial charge in [-0.15, -0.1) is 0 Å². The predicted octanol–water partition coefficient (Wildman–Crippen LogP) is 3.78. The van der Waals surface area contributed by atoms with Gasteiger partial charge >= 0.3 is 0 Å². The summed E-state index contributed by atoms with van der Waals surface area (Å²) in [6.07, 6.45) is 1.40. The first kappa shape index (κ1) is 18.5. The number of hydrogen-bond donors (Lipinski definition) is 1. The van der Waals surface area contributed by atoms with Gasteiger partial charge in [-0.3, -0.25) is 4.79 Å². The Morgan fingerprint density at radius 3 is 2.38 bits per heavy atom. The minimum Gasteiger partial charge on any atom is -0.274 e. The smallest absolute Gasteiger partial charge is 0.264 e. The van der Waals surface area contributed by atoms with Crippen LogP contribution in [0.1, 0.15) is 29.5 Å². The second-order valence-corrected chi connectivity index (χ2v) is 7.86. The van der Waals surface area contributed by atoms with Crippen LogP contribution in [-0.2, 0) is 21.2 Å². The van der Waals surface area contributed by atoms with Crippen molar-refractivity contribution < 1.29 is 13.2 Å². The number of benzene rings is 2. The molecule has 1 N–H and O–H groups in total. The number of carbonyl (C=O) groups excluding carboxylic acids is 1. The van der Waals surface area contributed by atoms with Crippen LogP contribution in [0.4, 0.5) is 0 Å². The Morgan fingerprint density at radius 1 is 1.08 bits per heavy atom. The number of halogens is 1. The van der Waals surface area contributed by atoms with E-state index in [0.29, 0.717) is 23.4 Å². The summed E-state index contributed by atoms with van der Waals surface area (Å²) in [5.74, 6) is -0.496. The van der Waals surface area contributed by atoms with Gasteiger partial charge in [-0.2, -0.15) is 0 Å². The molecule has 0 atom stereocenters. The highest BCUT2D eigenvalue weighted by Gasteiger charge is 2.19. The average molecular weight is 366 g/mol. The van der Waals surface area contributed by atoms with Crippen molar-refractivity contribution in [3.8, 4) is 0 Å². The molecule has 0 saturated heterocycles. The maximum Gasteiger partial charge on any atom is 0.264 e. The highest BCUT2D eigenvalue weighted by Crippen LogP contribution is 2.16. The molecule has 0 radical (unpaired) electrons. The average Bonchev–Trinajstić information content (AvgIpc) is 2.48. The fourth-order valence-electron chi connectivity index (χ4n) is 2.46. The molecule has 0 aliphatic carbocycles. The summed E-state index contributed by atoms with van der Waals surface area (Å²) in [7, 11) is -3.82. The van der Waals surface area contributed by atoms with Crippen molar-refractivity contribution in [1.82, 2.24) is 4.72 Å². The third-order valence-corrected chi connectivity index (χ3v) is 5.44. The number of nitrogens with one attached hydrogen (secondary N) is 1. The zero-order valence-corrected chi connectivity index (χ0v) is 15.2. The van der Waals surface area contributed by atoms with Crippen molar-refractivity contribution in [2.24, 2.45) is 0 Å². The van der Waals surface area contributed by atoms with Crippen molar-refractivity contribution in [2.45, 2.75) is 38.0 Å². The largest absolute Gasteiger partial charge is 0.274 e. The molecule has 24 heavy (non-hydrogen) atoms. The Kier molecular flexibility index (Phi) is 6.02. The summed E-state index contributed by atoms with van der Waals surface area (Å²) in [5, 5.41) is 0.663. The van der Waals surface area contributed by atoms with Crippen molar-refractivity contribution in [2.75, 3.05) is 0 Å². The first-order valence-corrected chi connectivity index (χ1v) is 9.51. The van der Waals surface area contributed by atoms with E-state index < -0.39 is 15.9 Å². The number of carbonyl (C=O) groups is 1. The molecule has 0 aliphatic heterocycles. The second-order valence-electron chi connectivity index (χ2n) is 5.78. The van der Waals surface area contributed by atoms with Gasteiger partial charge in [0.05, 0.1) is 4.90 Å². The van der Waals surface area contributed by atoms with Crippen molar-refractivity contribution in [3.63, 3.8) is 0 Å². The number of aryl methyl sites for hydroxylation is 3. The SMILES string of the molecule is Cc1ccc(S(=O)(=O)NC(=O)CCCc2ccc(Cl)cc2)c(C)c1. The van der Waals surface area contributed by atoms with Gasteiger partial charge in [0.1, 0.15) is 0 Å². The van der Waals surface area contributed by atoms with Crippen LogP contribution in [-0.4, -0.2) is 14.3 Å². The van der Waals surface area contributed by atoms with Crippen molar-refractivity contribution in [1.29, 1.82) is 0 Å². The number of hydrogen-bond acceptors (Lipinski definition) is 3. The Hall–Kier alpha value is -1.85. The van der Waals surface area contributed by atoms with Crippen LogP contribution < -0.4 is 4.72 Å². The van der Waals surface area contributed by atoms with Gasteiger partial charge in [-0.1, -0.05) is 41.4 Å². The van der Waals surface area contributed by atoms with Crippen molar-refractivity contribution in [3.05, 3.63) is 64.2 Å². The minimum absolute atomic E-state index is 0.138. The van der Waals surface area contributed by atoms with E-state index in [4.69, 9.17) is 11.6 Å². The van der Waals surface area contributed by atoms with Crippen LogP contribution in [0, 0.1) is 13.8 Å². The summed E-state index contributed by atoms with van der Waals surface area (Å²) >= 11 is 5.82. The summed E-state index contributed by atoms with van der Waals surface area (Å²) < 4.78 is 26.7. The third-order valence-electron chi connectivity index (χ3n) is 3.65. The molecule has 0 heterocycles. The minimum atomic E-state index is -3.82. The third kappa shape index (κ3) is 5.08. The van der Waals surface area contributed by atoms with Gasteiger partial charge < -0.3 is 0 Å². The molecule has 0 bridgehead atoms. The van der Waals surface area contributed by atoms with Crippen molar-refractivity contribution >= 4 is 27.5 Å². The normalized spacial score (nSPS) is 11.3. The van der Waals surface area contributed by atoms with E-state index in [1.54, 1.807) is 31.2 Å². The Balaban J connectivity index is 1.92. The van der Waals surface area contributed by atoms with Crippen LogP contribution in [0.25, 0.3) is 0 Å².